The van der Waals surface area contributed by atoms with Crippen molar-refractivity contribution >= 4 is 10.9 Å². The summed E-state index contributed by atoms with van der Waals surface area (Å²) < 4.78 is 0. The van der Waals surface area contributed by atoms with Crippen molar-refractivity contribution in [2.24, 2.45) is 5.92 Å². The van der Waals surface area contributed by atoms with Gasteiger partial charge in [-0.05, 0) is 72.8 Å². The summed E-state index contributed by atoms with van der Waals surface area (Å²) in [5.74, 6) is 0.841. The van der Waals surface area contributed by atoms with Crippen LogP contribution in [0.4, 0.5) is 0 Å². The lowest BCUT2D eigenvalue weighted by Crippen LogP contribution is -2.10. The first-order chi connectivity index (χ1) is 12.2. The van der Waals surface area contributed by atoms with Gasteiger partial charge in [-0.3, -0.25) is 4.98 Å². The normalized spacial score (nSPS) is 21.6. The molecule has 2 aromatic rings. The minimum absolute atomic E-state index is 0.394. The molecule has 0 saturated heterocycles. The zero-order valence-corrected chi connectivity index (χ0v) is 16.9. The van der Waals surface area contributed by atoms with Crippen molar-refractivity contribution in [3.63, 3.8) is 0 Å². The van der Waals surface area contributed by atoms with E-state index in [1.54, 1.807) is 0 Å². The fourth-order valence-electron chi connectivity index (χ4n) is 4.22. The maximum absolute atomic E-state index is 4.83. The predicted octanol–water partition coefficient (Wildman–Crippen LogP) is 7.02. The zero-order valence-electron chi connectivity index (χ0n) is 16.9. The Bertz CT molecular complexity index is 715. The Balaban J connectivity index is 0.00000109. The Morgan fingerprint density at radius 3 is 2.48 bits per heavy atom. The van der Waals surface area contributed by atoms with Gasteiger partial charge in [0.05, 0.1) is 5.52 Å². The first kappa shape index (κ1) is 19.7. The Morgan fingerprint density at radius 1 is 1.16 bits per heavy atom. The second kappa shape index (κ2) is 8.65. The van der Waals surface area contributed by atoms with E-state index in [-0.39, 0.29) is 0 Å². The SMILES string of the molecule is C=CCCC1(c2ccc3nc(CC)cc(CC)c3c2)CC1CC.CC. The molecule has 0 bridgehead atoms. The monoisotopic (exact) mass is 337 g/mol. The van der Waals surface area contributed by atoms with Gasteiger partial charge in [0, 0.05) is 11.1 Å². The Morgan fingerprint density at radius 2 is 1.92 bits per heavy atom. The number of aryl methyl sites for hydroxylation is 2. The molecular weight excluding hydrogens is 302 g/mol. The predicted molar refractivity (Wildman–Crippen MR) is 111 cm³/mol. The number of pyridine rings is 1. The molecular formula is C24H35N. The number of rotatable bonds is 7. The molecule has 0 spiro atoms. The van der Waals surface area contributed by atoms with Crippen molar-refractivity contribution < 1.29 is 0 Å². The quantitative estimate of drug-likeness (QED) is 0.495. The molecule has 3 rings (SSSR count). The van der Waals surface area contributed by atoms with Gasteiger partial charge in [0.15, 0.2) is 0 Å². The lowest BCUT2D eigenvalue weighted by molar-refractivity contribution is 0.550. The summed E-state index contributed by atoms with van der Waals surface area (Å²) in [5.41, 5.74) is 5.74. The Hall–Kier alpha value is -1.63. The molecule has 2 atom stereocenters. The van der Waals surface area contributed by atoms with E-state index in [1.807, 2.05) is 13.8 Å². The smallest absolute Gasteiger partial charge is 0.0708 e. The number of nitrogens with zero attached hydrogens (tertiary/aromatic N) is 1. The molecule has 0 radical (unpaired) electrons. The average Bonchev–Trinajstić information content (AvgIpc) is 3.41. The largest absolute Gasteiger partial charge is 0.253 e. The van der Waals surface area contributed by atoms with E-state index in [0.717, 1.165) is 30.7 Å². The molecule has 1 saturated carbocycles. The molecule has 0 amide bonds. The van der Waals surface area contributed by atoms with Gasteiger partial charge < -0.3 is 0 Å². The Kier molecular flexibility index (Phi) is 6.81. The van der Waals surface area contributed by atoms with Crippen molar-refractivity contribution in [1.82, 2.24) is 4.98 Å². The first-order valence-electron chi connectivity index (χ1n) is 10.2. The fourth-order valence-corrected chi connectivity index (χ4v) is 4.22. The summed E-state index contributed by atoms with van der Waals surface area (Å²) in [7, 11) is 0. The molecule has 1 heterocycles. The molecule has 2 unspecified atom stereocenters. The minimum Gasteiger partial charge on any atom is -0.253 e. The van der Waals surface area contributed by atoms with Gasteiger partial charge in [-0.25, -0.2) is 0 Å². The van der Waals surface area contributed by atoms with Gasteiger partial charge in [0.1, 0.15) is 0 Å². The van der Waals surface area contributed by atoms with Crippen molar-refractivity contribution in [3.05, 3.63) is 53.7 Å². The second-order valence-corrected chi connectivity index (χ2v) is 7.00. The number of hydrogen-bond acceptors (Lipinski definition) is 1. The van der Waals surface area contributed by atoms with Crippen LogP contribution in [0.25, 0.3) is 10.9 Å². The van der Waals surface area contributed by atoms with E-state index in [9.17, 15) is 0 Å². The highest BCUT2D eigenvalue weighted by molar-refractivity contribution is 5.83. The third kappa shape index (κ3) is 3.81. The van der Waals surface area contributed by atoms with Crippen molar-refractivity contribution in [2.45, 2.75) is 78.6 Å². The molecule has 0 aliphatic heterocycles. The van der Waals surface area contributed by atoms with Crippen LogP contribution in [0.15, 0.2) is 36.9 Å². The van der Waals surface area contributed by atoms with Crippen LogP contribution in [0.3, 0.4) is 0 Å². The number of allylic oxidation sites excluding steroid dienone is 1. The second-order valence-electron chi connectivity index (χ2n) is 7.00. The minimum atomic E-state index is 0.394. The molecule has 1 nitrogen and oxygen atoms in total. The van der Waals surface area contributed by atoms with E-state index in [4.69, 9.17) is 4.98 Å². The van der Waals surface area contributed by atoms with Crippen LogP contribution in [0, 0.1) is 5.92 Å². The highest BCUT2D eigenvalue weighted by atomic mass is 14.7. The topological polar surface area (TPSA) is 12.9 Å². The highest BCUT2D eigenvalue weighted by Gasteiger charge is 2.52. The van der Waals surface area contributed by atoms with E-state index < -0.39 is 0 Å². The number of benzene rings is 1. The van der Waals surface area contributed by atoms with Crippen LogP contribution < -0.4 is 0 Å². The number of aromatic nitrogens is 1. The molecule has 1 fully saturated rings. The van der Waals surface area contributed by atoms with Crippen LogP contribution in [0.2, 0.25) is 0 Å². The fraction of sp³-hybridized carbons (Fsp3) is 0.542. The molecule has 1 aliphatic rings. The van der Waals surface area contributed by atoms with Crippen LogP contribution in [0.5, 0.6) is 0 Å². The van der Waals surface area contributed by atoms with E-state index in [2.05, 4.69) is 57.7 Å². The number of hydrogen-bond donors (Lipinski definition) is 0. The van der Waals surface area contributed by atoms with Crippen molar-refractivity contribution in [2.75, 3.05) is 0 Å². The lowest BCUT2D eigenvalue weighted by Gasteiger charge is -2.19. The molecule has 1 aromatic heterocycles. The zero-order chi connectivity index (χ0) is 18.4. The van der Waals surface area contributed by atoms with Gasteiger partial charge in [-0.2, -0.15) is 0 Å². The van der Waals surface area contributed by atoms with Crippen LogP contribution in [-0.4, -0.2) is 4.98 Å². The molecule has 1 aliphatic carbocycles. The lowest BCUT2D eigenvalue weighted by atomic mass is 9.86. The molecule has 1 aromatic carbocycles. The summed E-state index contributed by atoms with van der Waals surface area (Å²) >= 11 is 0. The highest BCUT2D eigenvalue weighted by Crippen LogP contribution is 2.59. The van der Waals surface area contributed by atoms with Gasteiger partial charge in [0.25, 0.3) is 0 Å². The van der Waals surface area contributed by atoms with Gasteiger partial charge in [-0.1, -0.05) is 53.2 Å². The van der Waals surface area contributed by atoms with Crippen molar-refractivity contribution in [3.8, 4) is 0 Å². The third-order valence-corrected chi connectivity index (χ3v) is 5.78. The van der Waals surface area contributed by atoms with Crippen LogP contribution in [0.1, 0.15) is 77.1 Å². The van der Waals surface area contributed by atoms with E-state index in [0.29, 0.717) is 5.41 Å². The maximum atomic E-state index is 4.83. The average molecular weight is 338 g/mol. The van der Waals surface area contributed by atoms with E-state index >= 15 is 0 Å². The van der Waals surface area contributed by atoms with Crippen molar-refractivity contribution in [1.29, 1.82) is 0 Å². The Labute approximate surface area is 154 Å². The van der Waals surface area contributed by atoms with E-state index in [1.165, 1.54) is 41.5 Å². The number of fused-ring (bicyclic) bond motifs is 1. The van der Waals surface area contributed by atoms with Gasteiger partial charge in [-0.15, -0.1) is 6.58 Å². The third-order valence-electron chi connectivity index (χ3n) is 5.78. The first-order valence-corrected chi connectivity index (χ1v) is 10.2. The van der Waals surface area contributed by atoms with Crippen LogP contribution >= 0.6 is 0 Å². The molecule has 25 heavy (non-hydrogen) atoms. The summed E-state index contributed by atoms with van der Waals surface area (Å²) in [4.78, 5) is 4.83. The van der Waals surface area contributed by atoms with Crippen LogP contribution in [-0.2, 0) is 18.3 Å². The maximum Gasteiger partial charge on any atom is 0.0708 e. The summed E-state index contributed by atoms with van der Waals surface area (Å²) in [6.07, 6.45) is 9.12. The van der Waals surface area contributed by atoms with Gasteiger partial charge in [0.2, 0.25) is 0 Å². The molecule has 136 valence electrons. The summed E-state index contributed by atoms with van der Waals surface area (Å²) in [6, 6.07) is 9.34. The van der Waals surface area contributed by atoms with Gasteiger partial charge >= 0.3 is 0 Å². The molecule has 0 N–H and O–H groups in total. The standard InChI is InChI=1S/C22H29N.C2H6/c1-5-9-12-22(15-17(22)7-3)18-10-11-21-20(14-18)16(6-2)13-19(8-4)23-21;1-2/h5,10-11,13-14,17H,1,6-9,12,15H2,2-4H3;1-2H3. The summed E-state index contributed by atoms with van der Waals surface area (Å²) in [6.45, 7) is 14.7. The molecule has 1 heteroatoms. The summed E-state index contributed by atoms with van der Waals surface area (Å²) in [5, 5.41) is 1.36.